The predicted molar refractivity (Wildman–Crippen MR) is 154 cm³/mol. The van der Waals surface area contributed by atoms with Gasteiger partial charge in [0.2, 0.25) is 0 Å². The van der Waals surface area contributed by atoms with Gasteiger partial charge in [0.25, 0.3) is 0 Å². The molecule has 40 heavy (non-hydrogen) atoms. The number of rotatable bonds is 16. The van der Waals surface area contributed by atoms with Crippen molar-refractivity contribution in [3.63, 3.8) is 0 Å². The lowest BCUT2D eigenvalue weighted by atomic mass is 9.82. The number of benzene rings is 2. The number of carbonyl (C=O) groups is 2. The zero-order chi connectivity index (χ0) is 29.0. The van der Waals surface area contributed by atoms with Gasteiger partial charge in [0, 0.05) is 31.8 Å². The molecule has 0 saturated carbocycles. The standard InChI is InChI=1S/C30H41N5O5/c1-32-29(31)34-30(14-16-35-17-15-33-21-35,20-23-6-9-24(36)10-7-23)13-3-4-25(37)19-26(38)11-5-22-8-12-27(39)28(18-22)40-2/h6-10,12,15,17-18,33,36,39H,3-5,11,13-14,16,19-21H2,1-2H3,(H3,31,32,34)/p+1. The van der Waals surface area contributed by atoms with Crippen LogP contribution in [0, 0.1) is 0 Å². The number of carbonyl (C=O) groups excluding carboxylic acids is 2. The van der Waals surface area contributed by atoms with Crippen LogP contribution in [0.2, 0.25) is 0 Å². The van der Waals surface area contributed by atoms with E-state index in [2.05, 4.69) is 21.8 Å². The van der Waals surface area contributed by atoms with Crippen LogP contribution in [0.1, 0.15) is 49.7 Å². The molecule has 0 amide bonds. The second-order valence-electron chi connectivity index (χ2n) is 10.3. The third kappa shape index (κ3) is 9.60. The van der Waals surface area contributed by atoms with E-state index in [0.29, 0.717) is 43.8 Å². The number of hydrogen-bond donors (Lipinski definition) is 6. The van der Waals surface area contributed by atoms with Crippen LogP contribution in [0.15, 0.2) is 59.9 Å². The van der Waals surface area contributed by atoms with Crippen molar-refractivity contribution >= 4 is 17.5 Å². The van der Waals surface area contributed by atoms with Crippen molar-refractivity contribution in [1.82, 2.24) is 10.6 Å². The summed E-state index contributed by atoms with van der Waals surface area (Å²) < 4.78 is 5.12. The lowest BCUT2D eigenvalue weighted by molar-refractivity contribution is -0.843. The summed E-state index contributed by atoms with van der Waals surface area (Å²) in [4.78, 5) is 30.7. The summed E-state index contributed by atoms with van der Waals surface area (Å²) in [6, 6.07) is 12.1. The molecule has 10 heteroatoms. The van der Waals surface area contributed by atoms with Crippen LogP contribution in [0.4, 0.5) is 0 Å². The Morgan fingerprint density at radius 2 is 1.82 bits per heavy atom. The molecule has 2 unspecified atom stereocenters. The number of phenolic OH excluding ortho intramolecular Hbond substituents is 2. The number of aryl methyl sites for hydroxylation is 1. The molecule has 2 aromatic carbocycles. The molecular weight excluding hydrogens is 510 g/mol. The van der Waals surface area contributed by atoms with Gasteiger partial charge in [-0.3, -0.25) is 19.5 Å². The number of ether oxygens (including phenoxy) is 1. The third-order valence-corrected chi connectivity index (χ3v) is 7.25. The molecule has 0 aliphatic carbocycles. The summed E-state index contributed by atoms with van der Waals surface area (Å²) in [5, 5.41) is 26.1. The van der Waals surface area contributed by atoms with Gasteiger partial charge in [-0.2, -0.15) is 0 Å². The Morgan fingerprint density at radius 3 is 2.50 bits per heavy atom. The lowest BCUT2D eigenvalue weighted by Gasteiger charge is -2.36. The molecule has 0 saturated heterocycles. The highest BCUT2D eigenvalue weighted by atomic mass is 16.5. The number of nitrogens with one attached hydrogen (secondary N) is 3. The first-order chi connectivity index (χ1) is 19.2. The van der Waals surface area contributed by atoms with Crippen LogP contribution >= 0.6 is 0 Å². The summed E-state index contributed by atoms with van der Waals surface area (Å²) in [7, 11) is 3.11. The highest BCUT2D eigenvalue weighted by Crippen LogP contribution is 2.27. The molecule has 0 spiro atoms. The molecule has 0 bridgehead atoms. The number of aromatic hydroxyl groups is 2. The second-order valence-corrected chi connectivity index (χ2v) is 10.3. The van der Waals surface area contributed by atoms with E-state index in [1.807, 2.05) is 18.3 Å². The van der Waals surface area contributed by atoms with Crippen molar-refractivity contribution < 1.29 is 29.4 Å². The van der Waals surface area contributed by atoms with Gasteiger partial charge in [-0.15, -0.1) is 0 Å². The molecule has 1 aliphatic rings. The van der Waals surface area contributed by atoms with Crippen molar-refractivity contribution in [2.45, 2.75) is 56.9 Å². The topological polar surface area (TPSA) is 151 Å². The minimum Gasteiger partial charge on any atom is -0.508 e. The van der Waals surface area contributed by atoms with Gasteiger partial charge in [0.05, 0.1) is 26.3 Å². The second kappa shape index (κ2) is 14.9. The van der Waals surface area contributed by atoms with Crippen LogP contribution in [-0.4, -0.2) is 60.6 Å². The quantitative estimate of drug-likeness (QED) is 0.104. The van der Waals surface area contributed by atoms with E-state index in [4.69, 9.17) is 10.5 Å². The normalized spacial score (nSPS) is 16.2. The van der Waals surface area contributed by atoms with Crippen molar-refractivity contribution in [2.75, 3.05) is 27.4 Å². The number of nitrogens with two attached hydrogens (primary N) is 1. The SMILES string of the molecule is CN=C(N)NC(CCCC(=O)CC(=O)CCc1ccc(O)c(OC)c1)(CC[NH+]1C=CNC1)Cc1ccc(O)cc1. The van der Waals surface area contributed by atoms with Gasteiger partial charge in [-0.05, 0) is 61.1 Å². The number of methoxy groups -OCH3 is 1. The fourth-order valence-electron chi connectivity index (χ4n) is 4.98. The van der Waals surface area contributed by atoms with Gasteiger partial charge < -0.3 is 31.3 Å². The largest absolute Gasteiger partial charge is 0.508 e. The zero-order valence-electron chi connectivity index (χ0n) is 23.4. The predicted octanol–water partition coefficient (Wildman–Crippen LogP) is 1.56. The van der Waals surface area contributed by atoms with Gasteiger partial charge in [0.15, 0.2) is 24.1 Å². The van der Waals surface area contributed by atoms with E-state index >= 15 is 0 Å². The van der Waals surface area contributed by atoms with Crippen LogP contribution in [-0.2, 0) is 22.4 Å². The van der Waals surface area contributed by atoms with E-state index < -0.39 is 5.54 Å². The fraction of sp³-hybridized carbons (Fsp3) is 0.433. The Morgan fingerprint density at radius 1 is 1.10 bits per heavy atom. The summed E-state index contributed by atoms with van der Waals surface area (Å²) in [5.74, 6) is 0.750. The van der Waals surface area contributed by atoms with E-state index in [-0.39, 0.29) is 35.9 Å². The average molecular weight is 553 g/mol. The summed E-state index contributed by atoms with van der Waals surface area (Å²) in [6.45, 7) is 1.66. The molecule has 0 radical (unpaired) electrons. The highest BCUT2D eigenvalue weighted by molar-refractivity contribution is 5.99. The van der Waals surface area contributed by atoms with Gasteiger partial charge in [0.1, 0.15) is 23.5 Å². The number of phenols is 2. The molecule has 0 aromatic heterocycles. The van der Waals surface area contributed by atoms with Crippen molar-refractivity contribution in [1.29, 1.82) is 0 Å². The van der Waals surface area contributed by atoms with Crippen LogP contribution in [0.5, 0.6) is 17.2 Å². The maximum atomic E-state index is 12.7. The monoisotopic (exact) mass is 552 g/mol. The molecule has 2 atom stereocenters. The Balaban J connectivity index is 1.60. The molecule has 2 aromatic rings. The zero-order valence-corrected chi connectivity index (χ0v) is 23.4. The summed E-state index contributed by atoms with van der Waals surface area (Å²) in [5.41, 5.74) is 7.59. The minimum absolute atomic E-state index is 0.0469. The number of hydrogen-bond acceptors (Lipinski definition) is 7. The first-order valence-corrected chi connectivity index (χ1v) is 13.6. The Kier molecular flexibility index (Phi) is 11.4. The van der Waals surface area contributed by atoms with E-state index in [9.17, 15) is 19.8 Å². The van der Waals surface area contributed by atoms with Crippen LogP contribution in [0.3, 0.4) is 0 Å². The van der Waals surface area contributed by atoms with Crippen LogP contribution < -0.4 is 26.0 Å². The number of aliphatic imine (C=N–C) groups is 1. The molecule has 1 heterocycles. The van der Waals surface area contributed by atoms with Crippen molar-refractivity contribution in [3.05, 3.63) is 66.0 Å². The molecule has 3 rings (SSSR count). The third-order valence-electron chi connectivity index (χ3n) is 7.25. The molecule has 216 valence electrons. The molecule has 1 aliphatic heterocycles. The molecular formula is C30H42N5O5+. The first-order valence-electron chi connectivity index (χ1n) is 13.6. The van der Waals surface area contributed by atoms with E-state index in [0.717, 1.165) is 30.8 Å². The van der Waals surface area contributed by atoms with Gasteiger partial charge in [-0.1, -0.05) is 18.2 Å². The van der Waals surface area contributed by atoms with Gasteiger partial charge >= 0.3 is 0 Å². The first kappa shape index (κ1) is 30.5. The van der Waals surface area contributed by atoms with Crippen LogP contribution in [0.25, 0.3) is 0 Å². The van der Waals surface area contributed by atoms with E-state index in [1.54, 1.807) is 31.3 Å². The Labute approximate surface area is 235 Å². The summed E-state index contributed by atoms with van der Waals surface area (Å²) >= 11 is 0. The Bertz CT molecular complexity index is 1200. The van der Waals surface area contributed by atoms with Crippen molar-refractivity contribution in [3.8, 4) is 17.2 Å². The number of ketones is 2. The highest BCUT2D eigenvalue weighted by Gasteiger charge is 2.33. The molecule has 7 N–H and O–H groups in total. The molecule has 10 nitrogen and oxygen atoms in total. The fourth-order valence-corrected chi connectivity index (χ4v) is 4.98. The van der Waals surface area contributed by atoms with Crippen molar-refractivity contribution in [2.24, 2.45) is 10.7 Å². The maximum Gasteiger partial charge on any atom is 0.188 e. The Hall–Kier alpha value is -4.05. The number of nitrogens with zero attached hydrogens (tertiary/aromatic N) is 1. The maximum absolute atomic E-state index is 12.7. The number of guanidine groups is 1. The smallest absolute Gasteiger partial charge is 0.188 e. The van der Waals surface area contributed by atoms with E-state index in [1.165, 1.54) is 18.1 Å². The minimum atomic E-state index is -0.466. The average Bonchev–Trinajstić information content (AvgIpc) is 3.46. The van der Waals surface area contributed by atoms with Gasteiger partial charge in [-0.25, -0.2) is 0 Å². The number of quaternary nitrogens is 1. The lowest BCUT2D eigenvalue weighted by Crippen LogP contribution is -3.07. The molecule has 0 fully saturated rings. The summed E-state index contributed by atoms with van der Waals surface area (Å²) in [6.07, 6.45) is 7.60. The number of Topliss-reactive ketones (excluding diaryl/α,β-unsaturated/α-hetero) is 2.